The fraction of sp³-hybridized carbons (Fsp3) is 0.154. The predicted molar refractivity (Wildman–Crippen MR) is 74.4 cm³/mol. The lowest BCUT2D eigenvalue weighted by molar-refractivity contribution is 1.11. The topological polar surface area (TPSA) is 38.9 Å². The van der Waals surface area contributed by atoms with Crippen molar-refractivity contribution in [3.05, 3.63) is 52.8 Å². The second-order valence-corrected chi connectivity index (χ2v) is 5.11. The summed E-state index contributed by atoms with van der Waals surface area (Å²) >= 11 is 7.72. The van der Waals surface area contributed by atoms with E-state index in [4.69, 9.17) is 17.3 Å². The Morgan fingerprint density at radius 3 is 2.71 bits per heavy atom. The largest absolute Gasteiger partial charge is 0.398 e. The Morgan fingerprint density at radius 1 is 1.24 bits per heavy atom. The Balaban J connectivity index is 2.13. The van der Waals surface area contributed by atoms with Gasteiger partial charge in [-0.15, -0.1) is 11.8 Å². The van der Waals surface area contributed by atoms with Gasteiger partial charge >= 0.3 is 0 Å². The molecule has 0 aliphatic carbocycles. The minimum Gasteiger partial charge on any atom is -0.398 e. The molecule has 2 nitrogen and oxygen atoms in total. The molecule has 2 aromatic rings. The fourth-order valence-corrected chi connectivity index (χ4v) is 2.74. The zero-order valence-electron chi connectivity index (χ0n) is 9.48. The summed E-state index contributed by atoms with van der Waals surface area (Å²) in [5.74, 6) is 0.773. The number of pyridine rings is 1. The highest BCUT2D eigenvalue weighted by Gasteiger charge is 2.06. The summed E-state index contributed by atoms with van der Waals surface area (Å²) in [7, 11) is 0. The number of hydrogen-bond donors (Lipinski definition) is 1. The Bertz CT molecular complexity index is 508. The summed E-state index contributed by atoms with van der Waals surface area (Å²) in [5, 5.41) is 0.697. The minimum atomic E-state index is 0.697. The molecule has 17 heavy (non-hydrogen) atoms. The molecule has 0 fully saturated rings. The van der Waals surface area contributed by atoms with E-state index in [1.165, 1.54) is 0 Å². The van der Waals surface area contributed by atoms with Crippen molar-refractivity contribution in [2.24, 2.45) is 0 Å². The number of thioether (sulfide) groups is 1. The Hall–Kier alpha value is -1.19. The average molecular weight is 265 g/mol. The van der Waals surface area contributed by atoms with Crippen LogP contribution in [0.15, 0.2) is 41.3 Å². The monoisotopic (exact) mass is 264 g/mol. The molecule has 0 amide bonds. The van der Waals surface area contributed by atoms with Crippen LogP contribution in [-0.4, -0.2) is 4.98 Å². The summed E-state index contributed by atoms with van der Waals surface area (Å²) in [6, 6.07) is 11.6. The van der Waals surface area contributed by atoms with Gasteiger partial charge in [0.15, 0.2) is 0 Å². The van der Waals surface area contributed by atoms with Gasteiger partial charge in [0.05, 0.1) is 10.7 Å². The van der Waals surface area contributed by atoms with Crippen LogP contribution in [0.5, 0.6) is 0 Å². The first-order valence-electron chi connectivity index (χ1n) is 5.26. The van der Waals surface area contributed by atoms with Gasteiger partial charge in [0.2, 0.25) is 0 Å². The Kier molecular flexibility index (Phi) is 3.92. The molecular formula is C13H13ClN2S. The van der Waals surface area contributed by atoms with E-state index in [0.717, 1.165) is 27.7 Å². The lowest BCUT2D eigenvalue weighted by Crippen LogP contribution is -1.92. The summed E-state index contributed by atoms with van der Waals surface area (Å²) in [6.07, 6.45) is 0. The molecule has 0 unspecified atom stereocenters. The fourth-order valence-electron chi connectivity index (χ4n) is 1.50. The zero-order chi connectivity index (χ0) is 12.3. The number of nitrogens with zero attached hydrogens (tertiary/aromatic N) is 1. The molecule has 88 valence electrons. The van der Waals surface area contributed by atoms with E-state index >= 15 is 0 Å². The number of aromatic nitrogens is 1. The molecule has 1 aromatic heterocycles. The van der Waals surface area contributed by atoms with Gasteiger partial charge in [-0.2, -0.15) is 0 Å². The van der Waals surface area contributed by atoms with Crippen LogP contribution in [0.1, 0.15) is 11.4 Å². The first kappa shape index (κ1) is 12.3. The van der Waals surface area contributed by atoms with Gasteiger partial charge in [0.1, 0.15) is 0 Å². The third-order valence-corrected chi connectivity index (χ3v) is 3.92. The second kappa shape index (κ2) is 5.43. The molecule has 2 rings (SSSR count). The van der Waals surface area contributed by atoms with Gasteiger partial charge in [-0.1, -0.05) is 23.7 Å². The van der Waals surface area contributed by atoms with Crippen LogP contribution in [0.3, 0.4) is 0 Å². The molecule has 0 radical (unpaired) electrons. The Labute approximate surface area is 110 Å². The van der Waals surface area contributed by atoms with Crippen molar-refractivity contribution in [3.8, 4) is 0 Å². The van der Waals surface area contributed by atoms with Crippen molar-refractivity contribution in [3.63, 3.8) is 0 Å². The number of nitrogens with two attached hydrogens (primary N) is 1. The highest BCUT2D eigenvalue weighted by atomic mass is 35.5. The first-order chi connectivity index (χ1) is 8.16. The molecule has 0 aliphatic heterocycles. The summed E-state index contributed by atoms with van der Waals surface area (Å²) < 4.78 is 0. The highest BCUT2D eigenvalue weighted by Crippen LogP contribution is 2.34. The predicted octanol–water partition coefficient (Wildman–Crippen LogP) is 3.92. The minimum absolute atomic E-state index is 0.697. The molecule has 0 saturated heterocycles. The molecule has 1 aromatic carbocycles. The van der Waals surface area contributed by atoms with E-state index in [1.54, 1.807) is 11.8 Å². The average Bonchev–Trinajstić information content (AvgIpc) is 2.28. The van der Waals surface area contributed by atoms with Gasteiger partial charge in [-0.05, 0) is 31.2 Å². The number of nitrogen functional groups attached to an aromatic ring is 1. The van der Waals surface area contributed by atoms with Crippen molar-refractivity contribution in [1.29, 1.82) is 0 Å². The van der Waals surface area contributed by atoms with Crippen LogP contribution in [0.4, 0.5) is 5.69 Å². The molecular weight excluding hydrogens is 252 g/mol. The van der Waals surface area contributed by atoms with Crippen molar-refractivity contribution < 1.29 is 0 Å². The standard InChI is InChI=1S/C13H13ClN2S/c1-9-4-2-5-10(16-9)8-17-13-11(14)6-3-7-12(13)15/h2-7H,8,15H2,1H3. The number of halogens is 1. The maximum Gasteiger partial charge on any atom is 0.0562 e. The van der Waals surface area contributed by atoms with E-state index in [2.05, 4.69) is 4.98 Å². The van der Waals surface area contributed by atoms with Gasteiger partial charge in [0.25, 0.3) is 0 Å². The van der Waals surface area contributed by atoms with Crippen LogP contribution in [0.2, 0.25) is 5.02 Å². The van der Waals surface area contributed by atoms with Gasteiger partial charge in [0, 0.05) is 22.0 Å². The highest BCUT2D eigenvalue weighted by molar-refractivity contribution is 7.98. The molecule has 0 saturated carbocycles. The van der Waals surface area contributed by atoms with Crippen LogP contribution >= 0.6 is 23.4 Å². The summed E-state index contributed by atoms with van der Waals surface area (Å²) in [6.45, 7) is 1.98. The van der Waals surface area contributed by atoms with Crippen LogP contribution < -0.4 is 5.73 Å². The number of rotatable bonds is 3. The number of anilines is 1. The van der Waals surface area contributed by atoms with Crippen LogP contribution in [-0.2, 0) is 5.75 Å². The van der Waals surface area contributed by atoms with Gasteiger partial charge in [-0.3, -0.25) is 4.98 Å². The zero-order valence-corrected chi connectivity index (χ0v) is 11.1. The molecule has 0 bridgehead atoms. The maximum absolute atomic E-state index is 6.11. The van der Waals surface area contributed by atoms with Gasteiger partial charge in [-0.25, -0.2) is 0 Å². The van der Waals surface area contributed by atoms with Crippen molar-refractivity contribution in [1.82, 2.24) is 4.98 Å². The van der Waals surface area contributed by atoms with E-state index in [9.17, 15) is 0 Å². The van der Waals surface area contributed by atoms with Crippen molar-refractivity contribution in [2.45, 2.75) is 17.6 Å². The molecule has 1 heterocycles. The normalized spacial score (nSPS) is 10.5. The third-order valence-electron chi connectivity index (χ3n) is 2.31. The Morgan fingerprint density at radius 2 is 2.00 bits per heavy atom. The lowest BCUT2D eigenvalue weighted by Gasteiger charge is -2.07. The molecule has 0 atom stereocenters. The van der Waals surface area contributed by atoms with E-state index in [1.807, 2.05) is 43.3 Å². The molecule has 0 spiro atoms. The van der Waals surface area contributed by atoms with Crippen LogP contribution in [0.25, 0.3) is 0 Å². The van der Waals surface area contributed by atoms with E-state index in [0.29, 0.717) is 5.02 Å². The number of hydrogen-bond acceptors (Lipinski definition) is 3. The van der Waals surface area contributed by atoms with Crippen molar-refractivity contribution >= 4 is 29.1 Å². The number of aryl methyl sites for hydroxylation is 1. The maximum atomic E-state index is 6.11. The van der Waals surface area contributed by atoms with Crippen molar-refractivity contribution in [2.75, 3.05) is 5.73 Å². The molecule has 4 heteroatoms. The second-order valence-electron chi connectivity index (χ2n) is 3.72. The van der Waals surface area contributed by atoms with E-state index < -0.39 is 0 Å². The molecule has 2 N–H and O–H groups in total. The van der Waals surface area contributed by atoms with Gasteiger partial charge < -0.3 is 5.73 Å². The first-order valence-corrected chi connectivity index (χ1v) is 6.62. The third kappa shape index (κ3) is 3.14. The quantitative estimate of drug-likeness (QED) is 0.675. The van der Waals surface area contributed by atoms with E-state index in [-0.39, 0.29) is 0 Å². The summed E-state index contributed by atoms with van der Waals surface area (Å²) in [5.41, 5.74) is 8.67. The molecule has 0 aliphatic rings. The smallest absolute Gasteiger partial charge is 0.0562 e. The van der Waals surface area contributed by atoms with Crippen LogP contribution in [0, 0.1) is 6.92 Å². The lowest BCUT2D eigenvalue weighted by atomic mass is 10.3. The summed E-state index contributed by atoms with van der Waals surface area (Å²) in [4.78, 5) is 5.37. The SMILES string of the molecule is Cc1cccc(CSc2c(N)cccc2Cl)n1. The number of benzene rings is 1.